The Labute approximate surface area is 116 Å². The van der Waals surface area contributed by atoms with Gasteiger partial charge in [-0.25, -0.2) is 0 Å². The van der Waals surface area contributed by atoms with E-state index in [9.17, 15) is 20.0 Å². The number of carbonyl (C=O) groups excluding carboxylic acids is 1. The highest BCUT2D eigenvalue weighted by molar-refractivity contribution is 5.95. The third kappa shape index (κ3) is 4.02. The highest BCUT2D eigenvalue weighted by atomic mass is 16.6. The van der Waals surface area contributed by atoms with Crippen LogP contribution in [0.15, 0.2) is 6.20 Å². The van der Waals surface area contributed by atoms with E-state index in [1.807, 2.05) is 13.8 Å². The summed E-state index contributed by atoms with van der Waals surface area (Å²) in [4.78, 5) is 21.9. The van der Waals surface area contributed by atoms with E-state index >= 15 is 0 Å². The molecule has 0 fully saturated rings. The summed E-state index contributed by atoms with van der Waals surface area (Å²) in [6.45, 7) is 3.95. The predicted octanol–water partition coefficient (Wildman–Crippen LogP) is 1.38. The maximum atomic E-state index is 11.9. The predicted molar refractivity (Wildman–Crippen MR) is 72.3 cm³/mol. The highest BCUT2D eigenvalue weighted by Crippen LogP contribution is 2.19. The lowest BCUT2D eigenvalue weighted by Crippen LogP contribution is -2.43. The van der Waals surface area contributed by atoms with Gasteiger partial charge in [-0.15, -0.1) is 0 Å². The molecular weight excluding hydrogens is 264 g/mol. The van der Waals surface area contributed by atoms with Gasteiger partial charge in [0.05, 0.1) is 10.5 Å². The highest BCUT2D eigenvalue weighted by Gasteiger charge is 2.28. The number of aromatic amines is 1. The minimum atomic E-state index is -0.978. The number of carbonyl (C=O) groups is 1. The molecule has 0 unspecified atom stereocenters. The summed E-state index contributed by atoms with van der Waals surface area (Å²) >= 11 is 0. The minimum absolute atomic E-state index is 0.0592. The SMILES string of the molecule is CCCC(O)(CCC)CNC(=O)c1[nH]ncc1[N+](=O)[O-]. The average molecular weight is 284 g/mol. The fourth-order valence-electron chi connectivity index (χ4n) is 2.15. The van der Waals surface area contributed by atoms with Gasteiger partial charge in [-0.05, 0) is 12.8 Å². The summed E-state index contributed by atoms with van der Waals surface area (Å²) in [6, 6.07) is 0. The molecule has 8 heteroatoms. The van der Waals surface area contributed by atoms with Gasteiger partial charge in [-0.3, -0.25) is 20.0 Å². The fraction of sp³-hybridized carbons (Fsp3) is 0.667. The van der Waals surface area contributed by atoms with Gasteiger partial charge in [-0.2, -0.15) is 5.10 Å². The molecule has 1 aromatic heterocycles. The summed E-state index contributed by atoms with van der Waals surface area (Å²) in [5.41, 5.74) is -1.56. The molecule has 0 atom stereocenters. The second-order valence-electron chi connectivity index (χ2n) is 4.79. The van der Waals surface area contributed by atoms with Crippen molar-refractivity contribution in [2.45, 2.75) is 45.1 Å². The van der Waals surface area contributed by atoms with Crippen LogP contribution in [-0.2, 0) is 0 Å². The molecule has 1 rings (SSSR count). The minimum Gasteiger partial charge on any atom is -0.388 e. The summed E-state index contributed by atoms with van der Waals surface area (Å²) in [5, 5.41) is 29.4. The Hall–Kier alpha value is -1.96. The summed E-state index contributed by atoms with van der Waals surface area (Å²) < 4.78 is 0. The lowest BCUT2D eigenvalue weighted by atomic mass is 9.92. The van der Waals surface area contributed by atoms with Crippen LogP contribution in [0.5, 0.6) is 0 Å². The molecule has 0 saturated carbocycles. The largest absolute Gasteiger partial charge is 0.388 e. The normalized spacial score (nSPS) is 11.3. The summed E-state index contributed by atoms with van der Waals surface area (Å²) in [7, 11) is 0. The molecule has 1 aromatic rings. The van der Waals surface area contributed by atoms with E-state index in [0.717, 1.165) is 19.0 Å². The molecule has 0 aliphatic heterocycles. The Balaban J connectivity index is 2.70. The number of aromatic nitrogens is 2. The number of rotatable bonds is 8. The van der Waals surface area contributed by atoms with Gasteiger partial charge in [0.15, 0.2) is 0 Å². The van der Waals surface area contributed by atoms with Gasteiger partial charge in [0.1, 0.15) is 6.20 Å². The first kappa shape index (κ1) is 16.1. The van der Waals surface area contributed by atoms with Crippen molar-refractivity contribution in [1.29, 1.82) is 0 Å². The van der Waals surface area contributed by atoms with E-state index in [0.29, 0.717) is 12.8 Å². The van der Waals surface area contributed by atoms with Crippen molar-refractivity contribution in [3.05, 3.63) is 22.0 Å². The Kier molecular flexibility index (Phi) is 5.63. The zero-order chi connectivity index (χ0) is 15.2. The van der Waals surface area contributed by atoms with Crippen molar-refractivity contribution in [3.8, 4) is 0 Å². The number of hydrogen-bond acceptors (Lipinski definition) is 5. The average Bonchev–Trinajstić information content (AvgIpc) is 2.86. The van der Waals surface area contributed by atoms with E-state index in [1.165, 1.54) is 0 Å². The van der Waals surface area contributed by atoms with Crippen LogP contribution in [-0.4, -0.2) is 38.3 Å². The van der Waals surface area contributed by atoms with Crippen molar-refractivity contribution in [2.75, 3.05) is 6.54 Å². The smallest absolute Gasteiger partial charge is 0.319 e. The Bertz CT molecular complexity index is 466. The van der Waals surface area contributed by atoms with Crippen LogP contribution >= 0.6 is 0 Å². The first-order valence-electron chi connectivity index (χ1n) is 6.62. The van der Waals surface area contributed by atoms with E-state index in [2.05, 4.69) is 15.5 Å². The molecule has 112 valence electrons. The van der Waals surface area contributed by atoms with Gasteiger partial charge < -0.3 is 10.4 Å². The molecule has 0 spiro atoms. The topological polar surface area (TPSA) is 121 Å². The van der Waals surface area contributed by atoms with Crippen LogP contribution < -0.4 is 5.32 Å². The van der Waals surface area contributed by atoms with Crippen molar-refractivity contribution in [1.82, 2.24) is 15.5 Å². The van der Waals surface area contributed by atoms with E-state index in [-0.39, 0.29) is 17.9 Å². The second-order valence-corrected chi connectivity index (χ2v) is 4.79. The van der Waals surface area contributed by atoms with Crippen LogP contribution in [0, 0.1) is 10.1 Å². The summed E-state index contributed by atoms with van der Waals surface area (Å²) in [5.74, 6) is -0.639. The van der Waals surface area contributed by atoms with E-state index in [4.69, 9.17) is 0 Å². The zero-order valence-electron chi connectivity index (χ0n) is 11.7. The summed E-state index contributed by atoms with van der Waals surface area (Å²) in [6.07, 6.45) is 3.69. The van der Waals surface area contributed by atoms with Crippen LogP contribution in [0.2, 0.25) is 0 Å². The standard InChI is InChI=1S/C12H20N4O4/c1-3-5-12(18,6-4-2)8-13-11(17)10-9(16(19)20)7-14-15-10/h7,18H,3-6,8H2,1-2H3,(H,13,17)(H,14,15). The third-order valence-electron chi connectivity index (χ3n) is 3.05. The maximum Gasteiger partial charge on any atom is 0.319 e. The number of aliphatic hydroxyl groups is 1. The second kappa shape index (κ2) is 6.99. The molecule has 1 amide bonds. The monoisotopic (exact) mass is 284 g/mol. The molecule has 8 nitrogen and oxygen atoms in total. The number of nitrogens with one attached hydrogen (secondary N) is 2. The van der Waals surface area contributed by atoms with Crippen molar-refractivity contribution < 1.29 is 14.8 Å². The molecule has 1 heterocycles. The molecule has 3 N–H and O–H groups in total. The van der Waals surface area contributed by atoms with Crippen molar-refractivity contribution in [3.63, 3.8) is 0 Å². The van der Waals surface area contributed by atoms with Crippen molar-refractivity contribution in [2.24, 2.45) is 0 Å². The van der Waals surface area contributed by atoms with Gasteiger partial charge >= 0.3 is 5.69 Å². The number of H-pyrrole nitrogens is 1. The Morgan fingerprint density at radius 3 is 2.60 bits per heavy atom. The molecule has 0 bridgehead atoms. The van der Waals surface area contributed by atoms with Gasteiger partial charge in [0, 0.05) is 6.54 Å². The van der Waals surface area contributed by atoms with Crippen molar-refractivity contribution >= 4 is 11.6 Å². The lowest BCUT2D eigenvalue weighted by Gasteiger charge is -2.27. The van der Waals surface area contributed by atoms with Gasteiger partial charge in [0.2, 0.25) is 5.69 Å². The maximum absolute atomic E-state index is 11.9. The van der Waals surface area contributed by atoms with Crippen LogP contribution in [0.25, 0.3) is 0 Å². The number of nitro groups is 1. The van der Waals surface area contributed by atoms with Crippen LogP contribution in [0.4, 0.5) is 5.69 Å². The quantitative estimate of drug-likeness (QED) is 0.492. The number of amides is 1. The molecule has 0 radical (unpaired) electrons. The molecule has 0 aliphatic carbocycles. The van der Waals surface area contributed by atoms with E-state index < -0.39 is 16.4 Å². The molecular formula is C12H20N4O4. The molecule has 0 saturated heterocycles. The third-order valence-corrected chi connectivity index (χ3v) is 3.05. The zero-order valence-corrected chi connectivity index (χ0v) is 11.7. The first-order valence-corrected chi connectivity index (χ1v) is 6.62. The molecule has 0 aromatic carbocycles. The Morgan fingerprint density at radius 2 is 2.10 bits per heavy atom. The Morgan fingerprint density at radius 1 is 1.50 bits per heavy atom. The number of hydrogen-bond donors (Lipinski definition) is 3. The van der Waals surface area contributed by atoms with Gasteiger partial charge in [-0.1, -0.05) is 26.7 Å². The number of nitrogens with zero attached hydrogens (tertiary/aromatic N) is 2. The van der Waals surface area contributed by atoms with Gasteiger partial charge in [0.25, 0.3) is 5.91 Å². The first-order chi connectivity index (χ1) is 9.43. The van der Waals surface area contributed by atoms with E-state index in [1.54, 1.807) is 0 Å². The molecule has 20 heavy (non-hydrogen) atoms. The van der Waals surface area contributed by atoms with Crippen LogP contribution in [0.3, 0.4) is 0 Å². The van der Waals surface area contributed by atoms with Crippen LogP contribution in [0.1, 0.15) is 50.0 Å². The lowest BCUT2D eigenvalue weighted by molar-refractivity contribution is -0.385. The fourth-order valence-corrected chi connectivity index (χ4v) is 2.15. The molecule has 0 aliphatic rings.